The molecule has 1 atom stereocenters. The Balaban J connectivity index is 1.93. The van der Waals surface area contributed by atoms with Gasteiger partial charge in [0, 0.05) is 34.9 Å². The molecule has 0 fully saturated rings. The number of aromatic amines is 1. The number of aromatic nitrogens is 2. The molecule has 5 nitrogen and oxygen atoms in total. The van der Waals surface area contributed by atoms with E-state index in [0.717, 1.165) is 40.3 Å². The number of phenolic OH excluding ortho intramolecular Hbond substituents is 1. The lowest BCUT2D eigenvalue weighted by Crippen LogP contribution is -2.33. The van der Waals surface area contributed by atoms with Crippen LogP contribution in [-0.4, -0.2) is 21.1 Å². The van der Waals surface area contributed by atoms with Gasteiger partial charge in [0.15, 0.2) is 11.6 Å². The minimum absolute atomic E-state index is 0.0503. The summed E-state index contributed by atoms with van der Waals surface area (Å²) in [5.41, 5.74) is 4.75. The van der Waals surface area contributed by atoms with Crippen LogP contribution < -0.4 is 5.32 Å². The van der Waals surface area contributed by atoms with Crippen molar-refractivity contribution in [2.45, 2.75) is 39.5 Å². The van der Waals surface area contributed by atoms with E-state index in [1.54, 1.807) is 12.1 Å². The van der Waals surface area contributed by atoms with E-state index in [9.17, 15) is 9.90 Å². The Morgan fingerprint density at radius 3 is 2.62 bits per heavy atom. The van der Waals surface area contributed by atoms with Gasteiger partial charge in [-0.05, 0) is 36.5 Å². The number of anilines is 1. The van der Waals surface area contributed by atoms with E-state index in [-0.39, 0.29) is 22.9 Å². The highest BCUT2D eigenvalue weighted by Gasteiger charge is 2.42. The second kappa shape index (κ2) is 4.97. The average Bonchev–Trinajstić information content (AvgIpc) is 2.86. The molecule has 0 amide bonds. The predicted molar refractivity (Wildman–Crippen MR) is 91.9 cm³/mol. The molecule has 5 heteroatoms. The summed E-state index contributed by atoms with van der Waals surface area (Å²) in [6.45, 7) is 6.22. The van der Waals surface area contributed by atoms with E-state index in [0.29, 0.717) is 6.42 Å². The van der Waals surface area contributed by atoms with Crippen LogP contribution in [0.5, 0.6) is 5.75 Å². The van der Waals surface area contributed by atoms with Gasteiger partial charge in [0.25, 0.3) is 0 Å². The first kappa shape index (κ1) is 15.0. The summed E-state index contributed by atoms with van der Waals surface area (Å²) in [7, 11) is 0. The first-order valence-corrected chi connectivity index (χ1v) is 8.23. The van der Waals surface area contributed by atoms with E-state index in [1.165, 1.54) is 0 Å². The number of hydrogen-bond acceptors (Lipinski definition) is 4. The number of phenols is 1. The van der Waals surface area contributed by atoms with Gasteiger partial charge in [-0.25, -0.2) is 0 Å². The molecule has 2 aliphatic rings. The van der Waals surface area contributed by atoms with E-state index < -0.39 is 0 Å². The average molecular weight is 323 g/mol. The van der Waals surface area contributed by atoms with Crippen molar-refractivity contribution in [3.63, 3.8) is 0 Å². The zero-order chi connectivity index (χ0) is 17.1. The minimum Gasteiger partial charge on any atom is -0.508 e. The number of carbonyl (C=O) groups excluding carboxylic acids is 1. The van der Waals surface area contributed by atoms with Crippen LogP contribution in [0, 0.1) is 12.3 Å². The number of Topliss-reactive ketones (excluding diaryl/α,β-unsaturated/α-hetero) is 1. The van der Waals surface area contributed by atoms with Crippen LogP contribution in [0.25, 0.3) is 0 Å². The smallest absolute Gasteiger partial charge is 0.162 e. The molecule has 0 radical (unpaired) electrons. The second-order valence-corrected chi connectivity index (χ2v) is 7.59. The Morgan fingerprint density at radius 2 is 1.92 bits per heavy atom. The van der Waals surface area contributed by atoms with Crippen molar-refractivity contribution in [2.24, 2.45) is 5.41 Å². The van der Waals surface area contributed by atoms with Gasteiger partial charge in [-0.1, -0.05) is 26.0 Å². The van der Waals surface area contributed by atoms with Crippen molar-refractivity contribution in [3.8, 4) is 5.75 Å². The molecular formula is C19H21N3O2. The van der Waals surface area contributed by atoms with Gasteiger partial charge in [0.05, 0.1) is 0 Å². The predicted octanol–water partition coefficient (Wildman–Crippen LogP) is 3.62. The Labute approximate surface area is 140 Å². The second-order valence-electron chi connectivity index (χ2n) is 7.59. The lowest BCUT2D eigenvalue weighted by atomic mass is 9.69. The summed E-state index contributed by atoms with van der Waals surface area (Å²) in [5.74, 6) is 1.08. The third-order valence-electron chi connectivity index (χ3n) is 4.99. The molecule has 0 bridgehead atoms. The summed E-state index contributed by atoms with van der Waals surface area (Å²) >= 11 is 0. The van der Waals surface area contributed by atoms with Gasteiger partial charge in [-0.15, -0.1) is 0 Å². The lowest BCUT2D eigenvalue weighted by molar-refractivity contribution is -0.118. The van der Waals surface area contributed by atoms with Crippen LogP contribution in [0.15, 0.2) is 35.5 Å². The number of aryl methyl sites for hydroxylation is 1. The summed E-state index contributed by atoms with van der Waals surface area (Å²) < 4.78 is 0. The molecule has 24 heavy (non-hydrogen) atoms. The molecule has 0 spiro atoms. The molecule has 4 rings (SSSR count). The number of benzene rings is 1. The molecule has 1 aromatic carbocycles. The number of ketones is 1. The van der Waals surface area contributed by atoms with Gasteiger partial charge in [-0.3, -0.25) is 9.89 Å². The number of hydrogen-bond donors (Lipinski definition) is 3. The van der Waals surface area contributed by atoms with E-state index in [4.69, 9.17) is 0 Å². The quantitative estimate of drug-likeness (QED) is 0.749. The molecule has 1 aliphatic carbocycles. The fourth-order valence-electron chi connectivity index (χ4n) is 3.95. The van der Waals surface area contributed by atoms with Crippen molar-refractivity contribution >= 4 is 11.6 Å². The molecule has 124 valence electrons. The maximum Gasteiger partial charge on any atom is 0.162 e. The number of nitrogens with one attached hydrogen (secondary N) is 2. The first-order chi connectivity index (χ1) is 11.4. The highest BCUT2D eigenvalue weighted by atomic mass is 16.3. The SMILES string of the molecule is Cc1[nH]nc2c1[C@@H](c1ccc(O)cc1)C1=C(CC(C)(C)CC1=O)N2. The van der Waals surface area contributed by atoms with Crippen LogP contribution >= 0.6 is 0 Å². The van der Waals surface area contributed by atoms with Gasteiger partial charge < -0.3 is 10.4 Å². The molecule has 1 aliphatic heterocycles. The number of aromatic hydroxyl groups is 1. The number of H-pyrrole nitrogens is 1. The van der Waals surface area contributed by atoms with Gasteiger partial charge in [0.1, 0.15) is 5.75 Å². The van der Waals surface area contributed by atoms with E-state index >= 15 is 0 Å². The summed E-state index contributed by atoms with van der Waals surface area (Å²) in [6, 6.07) is 7.12. The molecule has 2 heterocycles. The van der Waals surface area contributed by atoms with Gasteiger partial charge in [0.2, 0.25) is 0 Å². The number of nitrogens with zero attached hydrogens (tertiary/aromatic N) is 1. The number of carbonyl (C=O) groups is 1. The normalized spacial score (nSPS) is 22.0. The molecule has 1 aromatic heterocycles. The molecule has 0 saturated carbocycles. The van der Waals surface area contributed by atoms with Gasteiger partial charge in [-0.2, -0.15) is 5.10 Å². The monoisotopic (exact) mass is 323 g/mol. The number of rotatable bonds is 1. The Morgan fingerprint density at radius 1 is 1.21 bits per heavy atom. The number of fused-ring (bicyclic) bond motifs is 1. The zero-order valence-corrected chi connectivity index (χ0v) is 14.1. The van der Waals surface area contributed by atoms with Crippen molar-refractivity contribution in [2.75, 3.05) is 5.32 Å². The Bertz CT molecular complexity index is 859. The third kappa shape index (κ3) is 2.23. The van der Waals surface area contributed by atoms with Crippen LogP contribution in [0.1, 0.15) is 49.4 Å². The van der Waals surface area contributed by atoms with E-state index in [2.05, 4.69) is 29.4 Å². The zero-order valence-electron chi connectivity index (χ0n) is 14.1. The topological polar surface area (TPSA) is 78.0 Å². The fraction of sp³-hybridized carbons (Fsp3) is 0.368. The molecular weight excluding hydrogens is 302 g/mol. The lowest BCUT2D eigenvalue weighted by Gasteiger charge is -2.38. The van der Waals surface area contributed by atoms with Crippen LogP contribution in [0.4, 0.5) is 5.82 Å². The highest BCUT2D eigenvalue weighted by molar-refractivity contribution is 6.01. The first-order valence-electron chi connectivity index (χ1n) is 8.23. The van der Waals surface area contributed by atoms with Crippen molar-refractivity contribution in [1.29, 1.82) is 0 Å². The Kier molecular flexibility index (Phi) is 3.10. The highest BCUT2D eigenvalue weighted by Crippen LogP contribution is 2.49. The molecule has 0 saturated heterocycles. The van der Waals surface area contributed by atoms with Crippen LogP contribution in [-0.2, 0) is 4.79 Å². The summed E-state index contributed by atoms with van der Waals surface area (Å²) in [4.78, 5) is 13.0. The summed E-state index contributed by atoms with van der Waals surface area (Å²) in [6.07, 6.45) is 1.38. The maximum absolute atomic E-state index is 13.0. The molecule has 0 unspecified atom stereocenters. The van der Waals surface area contributed by atoms with E-state index in [1.807, 2.05) is 19.1 Å². The summed E-state index contributed by atoms with van der Waals surface area (Å²) in [5, 5.41) is 20.4. The third-order valence-corrected chi connectivity index (χ3v) is 4.99. The maximum atomic E-state index is 13.0. The van der Waals surface area contributed by atoms with Crippen molar-refractivity contribution in [3.05, 3.63) is 52.4 Å². The van der Waals surface area contributed by atoms with Crippen LogP contribution in [0.2, 0.25) is 0 Å². The number of allylic oxidation sites excluding steroid dienone is 2. The van der Waals surface area contributed by atoms with Crippen molar-refractivity contribution < 1.29 is 9.90 Å². The molecule has 2 aromatic rings. The van der Waals surface area contributed by atoms with Gasteiger partial charge >= 0.3 is 0 Å². The standard InChI is InChI=1S/C19H21N3O2/c1-10-15-16(11-4-6-12(23)7-5-11)17-13(20-18(15)22-21-10)8-19(2,3)9-14(17)24/h4-7,16,23H,8-9H2,1-3H3,(H2,20,21,22)/t16-/m1/s1. The fourth-order valence-corrected chi connectivity index (χ4v) is 3.95. The van der Waals surface area contributed by atoms with Crippen LogP contribution in [0.3, 0.4) is 0 Å². The largest absolute Gasteiger partial charge is 0.508 e. The van der Waals surface area contributed by atoms with Crippen molar-refractivity contribution in [1.82, 2.24) is 10.2 Å². The minimum atomic E-state index is -0.140. The molecule has 3 N–H and O–H groups in total. The Hall–Kier alpha value is -2.56.